The fraction of sp³-hybridized carbons (Fsp3) is 0.450. The lowest BCUT2D eigenvalue weighted by atomic mass is 10.2. The quantitative estimate of drug-likeness (QED) is 0.591. The van der Waals surface area contributed by atoms with Crippen LogP contribution in [0.15, 0.2) is 47.7 Å². The van der Waals surface area contributed by atoms with Crippen molar-refractivity contribution < 1.29 is 4.74 Å². The van der Waals surface area contributed by atoms with Crippen molar-refractivity contribution in [3.63, 3.8) is 0 Å². The summed E-state index contributed by atoms with van der Waals surface area (Å²) in [5.41, 5.74) is 1.99. The number of aliphatic imine (C=N–C) groups is 1. The minimum atomic E-state index is 0.295. The van der Waals surface area contributed by atoms with Gasteiger partial charge in [-0.1, -0.05) is 12.1 Å². The highest BCUT2D eigenvalue weighted by Gasteiger charge is 2.18. The zero-order valence-corrected chi connectivity index (χ0v) is 15.3. The minimum Gasteiger partial charge on any atom is -0.474 e. The van der Waals surface area contributed by atoms with Gasteiger partial charge in [-0.15, -0.1) is 0 Å². The van der Waals surface area contributed by atoms with Crippen molar-refractivity contribution in [3.8, 4) is 5.88 Å². The number of guanidine groups is 1. The Labute approximate surface area is 155 Å². The van der Waals surface area contributed by atoms with Gasteiger partial charge in [0.15, 0.2) is 5.96 Å². The van der Waals surface area contributed by atoms with Crippen LogP contribution >= 0.6 is 0 Å². The average molecular weight is 353 g/mol. The molecule has 0 atom stereocenters. The van der Waals surface area contributed by atoms with Crippen molar-refractivity contribution in [2.75, 3.05) is 6.54 Å². The average Bonchev–Trinajstić information content (AvgIpc) is 3.19. The Morgan fingerprint density at radius 1 is 1.12 bits per heavy atom. The van der Waals surface area contributed by atoms with Gasteiger partial charge in [-0.2, -0.15) is 0 Å². The Hall–Kier alpha value is -2.63. The summed E-state index contributed by atoms with van der Waals surface area (Å²) in [4.78, 5) is 13.4. The second kappa shape index (κ2) is 9.75. The van der Waals surface area contributed by atoms with Gasteiger partial charge in [-0.25, -0.2) is 9.98 Å². The molecular formula is C20H27N5O. The van der Waals surface area contributed by atoms with Crippen molar-refractivity contribution >= 4 is 5.96 Å². The van der Waals surface area contributed by atoms with E-state index in [0.29, 0.717) is 25.1 Å². The maximum atomic E-state index is 6.10. The first-order chi connectivity index (χ1) is 12.8. The lowest BCUT2D eigenvalue weighted by Gasteiger charge is -2.15. The first-order valence-corrected chi connectivity index (χ1v) is 9.38. The number of hydrogen-bond acceptors (Lipinski definition) is 4. The van der Waals surface area contributed by atoms with E-state index in [1.807, 2.05) is 30.3 Å². The molecule has 0 saturated heterocycles. The first-order valence-electron chi connectivity index (χ1n) is 9.38. The van der Waals surface area contributed by atoms with Crippen LogP contribution in [0.5, 0.6) is 5.88 Å². The summed E-state index contributed by atoms with van der Waals surface area (Å²) in [5, 5.41) is 6.58. The number of nitrogens with zero attached hydrogens (tertiary/aromatic N) is 3. The van der Waals surface area contributed by atoms with Gasteiger partial charge in [0, 0.05) is 24.5 Å². The molecule has 2 heterocycles. The first kappa shape index (κ1) is 18.2. The van der Waals surface area contributed by atoms with Crippen LogP contribution in [0.1, 0.15) is 43.9 Å². The van der Waals surface area contributed by atoms with Gasteiger partial charge in [0.05, 0.1) is 18.8 Å². The second-order valence-corrected chi connectivity index (χ2v) is 6.36. The van der Waals surface area contributed by atoms with Crippen LogP contribution < -0.4 is 15.4 Å². The van der Waals surface area contributed by atoms with Gasteiger partial charge < -0.3 is 15.4 Å². The van der Waals surface area contributed by atoms with Crippen LogP contribution in [-0.2, 0) is 13.1 Å². The zero-order valence-electron chi connectivity index (χ0n) is 15.3. The largest absolute Gasteiger partial charge is 0.474 e. The van der Waals surface area contributed by atoms with E-state index < -0.39 is 0 Å². The summed E-state index contributed by atoms with van der Waals surface area (Å²) in [6.07, 6.45) is 8.59. The number of pyridine rings is 2. The molecule has 1 saturated carbocycles. The van der Waals surface area contributed by atoms with E-state index in [9.17, 15) is 0 Å². The molecule has 6 heteroatoms. The SMILES string of the molecule is CCNC(=NCc1cccnc1OC1CCCC1)NCc1ccccn1. The molecule has 0 bridgehead atoms. The summed E-state index contributed by atoms with van der Waals surface area (Å²) in [7, 11) is 0. The fourth-order valence-corrected chi connectivity index (χ4v) is 3.00. The number of hydrogen-bond donors (Lipinski definition) is 2. The van der Waals surface area contributed by atoms with E-state index in [0.717, 1.165) is 36.6 Å². The molecule has 2 aromatic rings. The molecule has 0 aliphatic heterocycles. The Kier molecular flexibility index (Phi) is 6.81. The van der Waals surface area contributed by atoms with E-state index in [1.165, 1.54) is 12.8 Å². The normalized spacial score (nSPS) is 15.0. The van der Waals surface area contributed by atoms with Crippen molar-refractivity contribution in [1.29, 1.82) is 0 Å². The topological polar surface area (TPSA) is 71.4 Å². The zero-order chi connectivity index (χ0) is 18.0. The lowest BCUT2D eigenvalue weighted by molar-refractivity contribution is 0.199. The van der Waals surface area contributed by atoms with Crippen LogP contribution in [0.2, 0.25) is 0 Å². The standard InChI is InChI=1S/C20H27N5O/c1-2-21-20(25-15-17-9-5-6-12-22-17)24-14-16-8-7-13-23-19(16)26-18-10-3-4-11-18/h5-9,12-13,18H,2-4,10-11,14-15H2,1H3,(H2,21,24,25). The van der Waals surface area contributed by atoms with Crippen molar-refractivity contribution in [3.05, 3.63) is 54.0 Å². The predicted octanol–water partition coefficient (Wildman–Crippen LogP) is 3.05. The van der Waals surface area contributed by atoms with E-state index >= 15 is 0 Å². The Bertz CT molecular complexity index is 698. The minimum absolute atomic E-state index is 0.295. The Morgan fingerprint density at radius 2 is 1.96 bits per heavy atom. The number of rotatable bonds is 7. The van der Waals surface area contributed by atoms with Crippen LogP contribution in [0.3, 0.4) is 0 Å². The van der Waals surface area contributed by atoms with Crippen molar-refractivity contribution in [1.82, 2.24) is 20.6 Å². The highest BCUT2D eigenvalue weighted by molar-refractivity contribution is 5.79. The summed E-state index contributed by atoms with van der Waals surface area (Å²) in [6, 6.07) is 9.85. The smallest absolute Gasteiger partial charge is 0.218 e. The fourth-order valence-electron chi connectivity index (χ4n) is 3.00. The second-order valence-electron chi connectivity index (χ2n) is 6.36. The van der Waals surface area contributed by atoms with Crippen molar-refractivity contribution in [2.24, 2.45) is 4.99 Å². The summed E-state index contributed by atoms with van der Waals surface area (Å²) in [5.74, 6) is 1.47. The Morgan fingerprint density at radius 3 is 2.73 bits per heavy atom. The van der Waals surface area contributed by atoms with Gasteiger partial charge >= 0.3 is 0 Å². The van der Waals surface area contributed by atoms with Gasteiger partial charge in [0.25, 0.3) is 0 Å². The summed E-state index contributed by atoms with van der Waals surface area (Å²) in [6.45, 7) is 4.00. The predicted molar refractivity (Wildman–Crippen MR) is 103 cm³/mol. The highest BCUT2D eigenvalue weighted by atomic mass is 16.5. The van der Waals surface area contributed by atoms with Gasteiger partial charge in [-0.05, 0) is 50.8 Å². The third kappa shape index (κ3) is 5.44. The molecule has 0 amide bonds. The van der Waals surface area contributed by atoms with Crippen LogP contribution in [0, 0.1) is 0 Å². The summed E-state index contributed by atoms with van der Waals surface area (Å²) >= 11 is 0. The molecule has 138 valence electrons. The van der Waals surface area contributed by atoms with Crippen LogP contribution in [-0.4, -0.2) is 28.6 Å². The molecule has 1 aliphatic carbocycles. The number of nitrogens with one attached hydrogen (secondary N) is 2. The van der Waals surface area contributed by atoms with E-state index in [2.05, 4.69) is 32.5 Å². The third-order valence-electron chi connectivity index (χ3n) is 4.35. The molecule has 6 nitrogen and oxygen atoms in total. The Balaban J connectivity index is 1.63. The highest BCUT2D eigenvalue weighted by Crippen LogP contribution is 2.25. The van der Waals surface area contributed by atoms with Gasteiger partial charge in [0.1, 0.15) is 6.10 Å². The van der Waals surface area contributed by atoms with E-state index in [4.69, 9.17) is 4.74 Å². The van der Waals surface area contributed by atoms with Crippen LogP contribution in [0.4, 0.5) is 0 Å². The maximum absolute atomic E-state index is 6.10. The molecule has 2 aromatic heterocycles. The molecule has 26 heavy (non-hydrogen) atoms. The lowest BCUT2D eigenvalue weighted by Crippen LogP contribution is -2.37. The maximum Gasteiger partial charge on any atom is 0.218 e. The molecule has 0 aromatic carbocycles. The molecule has 1 fully saturated rings. The monoisotopic (exact) mass is 353 g/mol. The molecule has 1 aliphatic rings. The van der Waals surface area contributed by atoms with Gasteiger partial charge in [-0.3, -0.25) is 4.98 Å². The molecule has 2 N–H and O–H groups in total. The third-order valence-corrected chi connectivity index (χ3v) is 4.35. The number of ether oxygens (including phenoxy) is 1. The van der Waals surface area contributed by atoms with E-state index in [-0.39, 0.29) is 0 Å². The molecule has 0 unspecified atom stereocenters. The molecular weight excluding hydrogens is 326 g/mol. The number of aromatic nitrogens is 2. The molecule has 3 rings (SSSR count). The van der Waals surface area contributed by atoms with Crippen molar-refractivity contribution in [2.45, 2.75) is 51.8 Å². The molecule has 0 spiro atoms. The van der Waals surface area contributed by atoms with Gasteiger partial charge in [0.2, 0.25) is 5.88 Å². The molecule has 0 radical (unpaired) electrons. The van der Waals surface area contributed by atoms with E-state index in [1.54, 1.807) is 12.4 Å². The van der Waals surface area contributed by atoms with Crippen LogP contribution in [0.25, 0.3) is 0 Å². The summed E-state index contributed by atoms with van der Waals surface area (Å²) < 4.78 is 6.10.